The molecule has 0 radical (unpaired) electrons. The first-order valence-corrected chi connectivity index (χ1v) is 4.98. The minimum atomic E-state index is -0.784. The number of hydrogen-bond acceptors (Lipinski definition) is 4. The molecular weight excluding hydrogens is 215 g/mol. The lowest BCUT2D eigenvalue weighted by molar-refractivity contribution is -0.280. The summed E-state index contributed by atoms with van der Waals surface area (Å²) in [5.74, 6) is 2.17. The molecule has 0 aromatic carbocycles. The zero-order valence-corrected chi connectivity index (χ0v) is 8.78. The van der Waals surface area contributed by atoms with Crippen molar-refractivity contribution in [2.75, 3.05) is 26.4 Å². The van der Waals surface area contributed by atoms with Crippen LogP contribution in [0.4, 0.5) is 4.39 Å². The Bertz CT molecular complexity index is 302. The largest absolute Gasteiger partial charge is 0.348 e. The fourth-order valence-corrected chi connectivity index (χ4v) is 1.63. The Balaban J connectivity index is 1.87. The summed E-state index contributed by atoms with van der Waals surface area (Å²) >= 11 is 0. The van der Waals surface area contributed by atoms with Crippen LogP contribution in [-0.2, 0) is 18.9 Å². The van der Waals surface area contributed by atoms with Gasteiger partial charge in [-0.15, -0.1) is 4.39 Å². The van der Waals surface area contributed by atoms with Crippen molar-refractivity contribution in [1.82, 2.24) is 0 Å². The quantitative estimate of drug-likeness (QED) is 0.492. The second-order valence-electron chi connectivity index (χ2n) is 3.92. The molecule has 88 valence electrons. The normalized spacial score (nSPS) is 38.8. The first-order chi connectivity index (χ1) is 7.78. The average Bonchev–Trinajstić information content (AvgIpc) is 2.34. The van der Waals surface area contributed by atoms with Crippen LogP contribution in [0.3, 0.4) is 0 Å². The molecule has 0 aromatic rings. The molecule has 2 aliphatic heterocycles. The maximum Gasteiger partial charge on any atom is 0.225 e. The molecule has 4 nitrogen and oxygen atoms in total. The maximum atomic E-state index is 11.7. The average molecular weight is 228 g/mol. The minimum absolute atomic E-state index is 0.312. The molecule has 0 aliphatic carbocycles. The van der Waals surface area contributed by atoms with Gasteiger partial charge in [-0.25, -0.2) is 0 Å². The monoisotopic (exact) mass is 228 g/mol. The van der Waals surface area contributed by atoms with Crippen LogP contribution in [0, 0.1) is 17.5 Å². The highest BCUT2D eigenvalue weighted by atomic mass is 19.1. The van der Waals surface area contributed by atoms with E-state index in [0.717, 1.165) is 0 Å². The number of halogens is 1. The van der Waals surface area contributed by atoms with E-state index in [1.165, 1.54) is 6.17 Å². The van der Waals surface area contributed by atoms with E-state index in [1.54, 1.807) is 6.08 Å². The summed E-state index contributed by atoms with van der Waals surface area (Å²) in [5.41, 5.74) is -0.312. The molecule has 0 atom stereocenters. The van der Waals surface area contributed by atoms with Crippen LogP contribution >= 0.6 is 0 Å². The van der Waals surface area contributed by atoms with E-state index in [4.69, 9.17) is 18.9 Å². The predicted molar refractivity (Wildman–Crippen MR) is 52.9 cm³/mol. The van der Waals surface area contributed by atoms with Gasteiger partial charge in [0.15, 0.2) is 6.29 Å². The smallest absolute Gasteiger partial charge is 0.225 e. The molecule has 2 rings (SSSR count). The molecule has 0 unspecified atom stereocenters. The van der Waals surface area contributed by atoms with Crippen molar-refractivity contribution in [2.45, 2.75) is 12.6 Å². The van der Waals surface area contributed by atoms with Crippen LogP contribution < -0.4 is 0 Å². The van der Waals surface area contributed by atoms with E-state index >= 15 is 0 Å². The Morgan fingerprint density at radius 2 is 1.69 bits per heavy atom. The van der Waals surface area contributed by atoms with E-state index in [-0.39, 0.29) is 11.7 Å². The highest BCUT2D eigenvalue weighted by molar-refractivity contribution is 4.98. The molecule has 2 heterocycles. The fourth-order valence-electron chi connectivity index (χ4n) is 1.63. The van der Waals surface area contributed by atoms with E-state index in [9.17, 15) is 4.39 Å². The maximum absolute atomic E-state index is 11.7. The molecule has 0 saturated carbocycles. The first-order valence-electron chi connectivity index (χ1n) is 4.98. The summed E-state index contributed by atoms with van der Waals surface area (Å²) in [6, 6.07) is 0. The van der Waals surface area contributed by atoms with Gasteiger partial charge in [-0.05, 0) is 12.0 Å². The SMILES string of the molecule is C=CC1OCC2(COC(C#CF)OC2)CO1. The summed E-state index contributed by atoms with van der Waals surface area (Å²) < 4.78 is 33.1. The van der Waals surface area contributed by atoms with Crippen LogP contribution in [0.1, 0.15) is 0 Å². The van der Waals surface area contributed by atoms with Crippen molar-refractivity contribution < 1.29 is 23.3 Å². The van der Waals surface area contributed by atoms with Crippen molar-refractivity contribution in [2.24, 2.45) is 5.41 Å². The molecule has 2 fully saturated rings. The highest BCUT2D eigenvalue weighted by Gasteiger charge is 2.41. The van der Waals surface area contributed by atoms with Gasteiger partial charge < -0.3 is 18.9 Å². The molecular formula is C11H13FO4. The van der Waals surface area contributed by atoms with E-state index in [0.29, 0.717) is 26.4 Å². The Kier molecular flexibility index (Phi) is 3.56. The summed E-state index contributed by atoms with van der Waals surface area (Å²) in [5, 5.41) is 0. The van der Waals surface area contributed by atoms with Crippen LogP contribution in [0.5, 0.6) is 0 Å². The van der Waals surface area contributed by atoms with E-state index in [1.807, 2.05) is 0 Å². The second-order valence-corrected chi connectivity index (χ2v) is 3.92. The lowest BCUT2D eigenvalue weighted by Gasteiger charge is -2.42. The molecule has 0 amide bonds. The van der Waals surface area contributed by atoms with Crippen molar-refractivity contribution in [3.8, 4) is 12.1 Å². The molecule has 16 heavy (non-hydrogen) atoms. The summed E-state index contributed by atoms with van der Waals surface area (Å²) in [6.45, 7) is 5.30. The van der Waals surface area contributed by atoms with E-state index < -0.39 is 6.29 Å². The van der Waals surface area contributed by atoms with Crippen molar-refractivity contribution >= 4 is 0 Å². The van der Waals surface area contributed by atoms with Gasteiger partial charge in [-0.3, -0.25) is 0 Å². The standard InChI is InChI=1S/C11H13FO4/c1-2-9-13-5-11(6-14-9)7-15-10(3-4-12)16-8-11/h2,9-10H,1,5-8H2. The second kappa shape index (κ2) is 4.93. The molecule has 2 saturated heterocycles. The zero-order chi connectivity index (χ0) is 11.4. The zero-order valence-electron chi connectivity index (χ0n) is 8.78. The highest BCUT2D eigenvalue weighted by Crippen LogP contribution is 2.30. The van der Waals surface area contributed by atoms with Gasteiger partial charge in [-0.2, -0.15) is 0 Å². The van der Waals surface area contributed by atoms with Crippen molar-refractivity contribution in [3.63, 3.8) is 0 Å². The van der Waals surface area contributed by atoms with Crippen LogP contribution in [0.25, 0.3) is 0 Å². The summed E-state index contributed by atoms with van der Waals surface area (Å²) in [7, 11) is 0. The Morgan fingerprint density at radius 1 is 1.12 bits per heavy atom. The van der Waals surface area contributed by atoms with Gasteiger partial charge in [0.25, 0.3) is 0 Å². The van der Waals surface area contributed by atoms with Crippen molar-refractivity contribution in [1.29, 1.82) is 0 Å². The third kappa shape index (κ3) is 2.42. The minimum Gasteiger partial charge on any atom is -0.348 e. The van der Waals surface area contributed by atoms with E-state index in [2.05, 4.69) is 12.5 Å². The molecule has 0 N–H and O–H groups in total. The van der Waals surface area contributed by atoms with Gasteiger partial charge in [0.2, 0.25) is 6.29 Å². The Hall–Kier alpha value is -0.930. The van der Waals surface area contributed by atoms with Crippen LogP contribution in [0.2, 0.25) is 0 Å². The first kappa shape index (κ1) is 11.6. The summed E-state index contributed by atoms with van der Waals surface area (Å²) in [6.07, 6.45) is 1.71. The van der Waals surface area contributed by atoms with Crippen LogP contribution in [0.15, 0.2) is 12.7 Å². The number of hydrogen-bond donors (Lipinski definition) is 0. The van der Waals surface area contributed by atoms with Gasteiger partial charge in [0.1, 0.15) is 6.17 Å². The summed E-state index contributed by atoms with van der Waals surface area (Å²) in [4.78, 5) is 0. The van der Waals surface area contributed by atoms with Gasteiger partial charge in [0.05, 0.1) is 31.8 Å². The molecule has 2 aliphatic rings. The Labute approximate surface area is 93.3 Å². The predicted octanol–water partition coefficient (Wildman–Crippen LogP) is 0.835. The van der Waals surface area contributed by atoms with Gasteiger partial charge in [0, 0.05) is 0 Å². The molecule has 1 spiro atoms. The van der Waals surface area contributed by atoms with Crippen LogP contribution in [-0.4, -0.2) is 39.0 Å². The molecule has 0 bridgehead atoms. The van der Waals surface area contributed by atoms with Crippen molar-refractivity contribution in [3.05, 3.63) is 12.7 Å². The number of ether oxygens (including phenoxy) is 4. The van der Waals surface area contributed by atoms with Gasteiger partial charge in [-0.1, -0.05) is 6.58 Å². The third-order valence-corrected chi connectivity index (χ3v) is 2.55. The lowest BCUT2D eigenvalue weighted by atomic mass is 9.91. The molecule has 0 aromatic heterocycles. The van der Waals surface area contributed by atoms with Gasteiger partial charge >= 0.3 is 0 Å². The third-order valence-electron chi connectivity index (χ3n) is 2.55. The topological polar surface area (TPSA) is 36.9 Å². The lowest BCUT2D eigenvalue weighted by Crippen LogP contribution is -2.51. The fraction of sp³-hybridized carbons (Fsp3) is 0.636. The Morgan fingerprint density at radius 3 is 2.19 bits per heavy atom. The number of rotatable bonds is 1. The molecule has 5 heteroatoms.